The molecule has 0 spiro atoms. The molecule has 0 fully saturated rings. The van der Waals surface area contributed by atoms with Gasteiger partial charge in [-0.05, 0) is 0 Å². The van der Waals surface area contributed by atoms with Crippen molar-refractivity contribution >= 4 is 31.7 Å². The number of ether oxygens (including phenoxy) is 1. The Hall–Kier alpha value is -0.901. The van der Waals surface area contributed by atoms with E-state index in [9.17, 15) is 0 Å². The molecular weight excluding hydrogens is 269 g/mol. The Morgan fingerprint density at radius 2 is 2.31 bits per heavy atom. The van der Waals surface area contributed by atoms with E-state index >= 15 is 0 Å². The summed E-state index contributed by atoms with van der Waals surface area (Å²) in [5.74, 6) is 0. The minimum atomic E-state index is 0.0376. The Balaban J connectivity index is 2.11. The van der Waals surface area contributed by atoms with Gasteiger partial charge in [-0.1, -0.05) is 0 Å². The number of benzene rings is 1. The molecule has 1 unspecified atom stereocenters. The summed E-state index contributed by atoms with van der Waals surface area (Å²) >= 11 is 0.0376. The summed E-state index contributed by atoms with van der Waals surface area (Å²) in [7, 11) is 1.73. The first-order chi connectivity index (χ1) is 7.81. The zero-order valence-corrected chi connectivity index (χ0v) is 11.1. The van der Waals surface area contributed by atoms with Crippen LogP contribution in [0.3, 0.4) is 0 Å². The van der Waals surface area contributed by atoms with Crippen molar-refractivity contribution in [3.8, 4) is 0 Å². The number of nitrogens with zero attached hydrogens (tertiary/aromatic N) is 2. The summed E-state index contributed by atoms with van der Waals surface area (Å²) in [6, 6.07) is 6.47. The van der Waals surface area contributed by atoms with E-state index in [-0.39, 0.29) is 15.0 Å². The molecule has 1 aromatic heterocycles. The van der Waals surface area contributed by atoms with Crippen molar-refractivity contribution in [2.45, 2.75) is 19.4 Å². The summed E-state index contributed by atoms with van der Waals surface area (Å²) in [6.45, 7) is 2.92. The van der Waals surface area contributed by atoms with Crippen LogP contribution < -0.4 is 5.32 Å². The molecule has 86 valence electrons. The van der Waals surface area contributed by atoms with Gasteiger partial charge in [-0.15, -0.1) is 0 Å². The predicted octanol–water partition coefficient (Wildman–Crippen LogP) is 1.52. The van der Waals surface area contributed by atoms with Crippen molar-refractivity contribution in [2.24, 2.45) is 0 Å². The molecule has 1 aromatic carbocycles. The molecule has 2 rings (SSSR count). The van der Waals surface area contributed by atoms with E-state index in [1.165, 1.54) is 0 Å². The van der Waals surface area contributed by atoms with Gasteiger partial charge in [0.15, 0.2) is 0 Å². The second-order valence-corrected chi connectivity index (χ2v) is 4.87. The second-order valence-electron chi connectivity index (χ2n) is 3.76. The second kappa shape index (κ2) is 5.43. The average molecular weight is 284 g/mol. The summed E-state index contributed by atoms with van der Waals surface area (Å²) in [4.78, 5) is 0. The third-order valence-corrected chi connectivity index (χ3v) is 3.58. The van der Waals surface area contributed by atoms with Crippen LogP contribution in [0.1, 0.15) is 13.3 Å². The van der Waals surface area contributed by atoms with Gasteiger partial charge in [0, 0.05) is 0 Å². The molecule has 5 heteroatoms. The molecule has 0 aliphatic carbocycles. The molecule has 1 N–H and O–H groups in total. The summed E-state index contributed by atoms with van der Waals surface area (Å²) in [6.07, 6.45) is 0.989. The maximum atomic E-state index is 5.06. The van der Waals surface area contributed by atoms with Gasteiger partial charge in [0.25, 0.3) is 0 Å². The standard InChI is InChI=1S/C11H15N3OSe/c1-8(6-7-15-2)12-9-4-3-5-10-11(9)14-16-13-10/h3-5,8,12H,6-7H2,1-2H3. The van der Waals surface area contributed by atoms with Gasteiger partial charge in [-0.3, -0.25) is 0 Å². The summed E-state index contributed by atoms with van der Waals surface area (Å²) < 4.78 is 13.9. The fourth-order valence-corrected chi connectivity index (χ4v) is 2.71. The minimum absolute atomic E-state index is 0.0376. The molecule has 0 aliphatic rings. The number of hydrogen-bond donors (Lipinski definition) is 1. The van der Waals surface area contributed by atoms with Crippen LogP contribution in [0.4, 0.5) is 5.69 Å². The normalized spacial score (nSPS) is 12.9. The number of hydrogen-bond acceptors (Lipinski definition) is 4. The van der Waals surface area contributed by atoms with Crippen molar-refractivity contribution in [3.05, 3.63) is 18.2 Å². The van der Waals surface area contributed by atoms with E-state index in [0.717, 1.165) is 29.7 Å². The van der Waals surface area contributed by atoms with Crippen LogP contribution >= 0.6 is 0 Å². The zero-order chi connectivity index (χ0) is 11.4. The van der Waals surface area contributed by atoms with Crippen LogP contribution in [0.2, 0.25) is 0 Å². The Morgan fingerprint density at radius 1 is 1.44 bits per heavy atom. The number of aromatic nitrogens is 2. The van der Waals surface area contributed by atoms with Crippen molar-refractivity contribution in [3.63, 3.8) is 0 Å². The Kier molecular flexibility index (Phi) is 3.93. The van der Waals surface area contributed by atoms with Gasteiger partial charge >= 0.3 is 101 Å². The van der Waals surface area contributed by atoms with E-state index < -0.39 is 0 Å². The van der Waals surface area contributed by atoms with E-state index in [4.69, 9.17) is 4.74 Å². The molecule has 1 atom stereocenters. The third-order valence-electron chi connectivity index (χ3n) is 2.44. The molecule has 0 saturated carbocycles. The molecule has 0 radical (unpaired) electrons. The third kappa shape index (κ3) is 2.61. The molecule has 4 nitrogen and oxygen atoms in total. The molecule has 16 heavy (non-hydrogen) atoms. The van der Waals surface area contributed by atoms with Crippen LogP contribution in [0.15, 0.2) is 18.2 Å². The first kappa shape index (κ1) is 11.6. The Morgan fingerprint density at radius 3 is 3.12 bits per heavy atom. The number of fused-ring (bicyclic) bond motifs is 1. The SMILES string of the molecule is COCCC(C)Nc1cccc2n[se]nc12. The Labute approximate surface area is 101 Å². The summed E-state index contributed by atoms with van der Waals surface area (Å²) in [5, 5.41) is 3.45. The molecule has 0 aliphatic heterocycles. The number of anilines is 1. The van der Waals surface area contributed by atoms with Gasteiger partial charge in [0.2, 0.25) is 0 Å². The van der Waals surface area contributed by atoms with Crippen LogP contribution in [-0.2, 0) is 4.74 Å². The van der Waals surface area contributed by atoms with E-state index in [2.05, 4.69) is 26.3 Å². The molecular formula is C11H15N3OSe. The first-order valence-corrected chi connectivity index (χ1v) is 6.81. The summed E-state index contributed by atoms with van der Waals surface area (Å²) in [5.41, 5.74) is 3.12. The van der Waals surface area contributed by atoms with Gasteiger partial charge in [0.05, 0.1) is 0 Å². The van der Waals surface area contributed by atoms with E-state index in [1.54, 1.807) is 7.11 Å². The fraction of sp³-hybridized carbons (Fsp3) is 0.455. The van der Waals surface area contributed by atoms with Gasteiger partial charge < -0.3 is 0 Å². The molecule has 2 aromatic rings. The first-order valence-electron chi connectivity index (χ1n) is 5.28. The van der Waals surface area contributed by atoms with Crippen molar-refractivity contribution < 1.29 is 4.74 Å². The van der Waals surface area contributed by atoms with Gasteiger partial charge in [0.1, 0.15) is 0 Å². The number of methoxy groups -OCH3 is 1. The van der Waals surface area contributed by atoms with Gasteiger partial charge in [-0.25, -0.2) is 0 Å². The average Bonchev–Trinajstić information content (AvgIpc) is 2.75. The Bertz CT molecular complexity index is 457. The fourth-order valence-electron chi connectivity index (χ4n) is 1.55. The van der Waals surface area contributed by atoms with E-state index in [0.29, 0.717) is 6.04 Å². The van der Waals surface area contributed by atoms with Crippen molar-refractivity contribution in [2.75, 3.05) is 19.0 Å². The van der Waals surface area contributed by atoms with Gasteiger partial charge in [-0.2, -0.15) is 0 Å². The van der Waals surface area contributed by atoms with Crippen LogP contribution in [0.25, 0.3) is 11.0 Å². The molecule has 0 amide bonds. The van der Waals surface area contributed by atoms with E-state index in [1.807, 2.05) is 12.1 Å². The number of rotatable bonds is 5. The molecule has 0 saturated heterocycles. The topological polar surface area (TPSA) is 47.0 Å². The predicted molar refractivity (Wildman–Crippen MR) is 66.1 cm³/mol. The van der Waals surface area contributed by atoms with Crippen LogP contribution in [0.5, 0.6) is 0 Å². The quantitative estimate of drug-likeness (QED) is 0.846. The molecule has 1 heterocycles. The van der Waals surface area contributed by atoms with Crippen molar-refractivity contribution in [1.29, 1.82) is 0 Å². The van der Waals surface area contributed by atoms with Crippen LogP contribution in [0, 0.1) is 0 Å². The van der Waals surface area contributed by atoms with Crippen molar-refractivity contribution in [1.82, 2.24) is 7.96 Å². The number of nitrogens with one attached hydrogen (secondary N) is 1. The van der Waals surface area contributed by atoms with Crippen LogP contribution in [-0.4, -0.2) is 42.7 Å². The monoisotopic (exact) mass is 285 g/mol. The zero-order valence-electron chi connectivity index (χ0n) is 9.43. The molecule has 0 bridgehead atoms. The maximum absolute atomic E-state index is 5.06.